The molecule has 5 nitrogen and oxygen atoms in total. The molecule has 2 aromatic rings. The van der Waals surface area contributed by atoms with Crippen LogP contribution >= 0.6 is 0 Å². The van der Waals surface area contributed by atoms with Crippen LogP contribution in [-0.2, 0) is 24.9 Å². The van der Waals surface area contributed by atoms with Gasteiger partial charge >= 0.3 is 0 Å². The van der Waals surface area contributed by atoms with E-state index in [0.29, 0.717) is 11.8 Å². The molecule has 2 aromatic heterocycles. The summed E-state index contributed by atoms with van der Waals surface area (Å²) in [5.41, 5.74) is 5.50. The molecule has 1 atom stereocenters. The van der Waals surface area contributed by atoms with Crippen LogP contribution in [0.4, 0.5) is 0 Å². The molecule has 0 saturated carbocycles. The predicted molar refractivity (Wildman–Crippen MR) is 98.4 cm³/mol. The summed E-state index contributed by atoms with van der Waals surface area (Å²) in [6.45, 7) is 14.1. The van der Waals surface area contributed by atoms with Gasteiger partial charge in [0, 0.05) is 36.7 Å². The number of aromatic nitrogens is 4. The van der Waals surface area contributed by atoms with E-state index in [9.17, 15) is 0 Å². The van der Waals surface area contributed by atoms with E-state index in [-0.39, 0.29) is 5.41 Å². The summed E-state index contributed by atoms with van der Waals surface area (Å²) < 4.78 is 10.3. The molecule has 0 radical (unpaired) electrons. The summed E-state index contributed by atoms with van der Waals surface area (Å²) in [4.78, 5) is 0. The Morgan fingerprint density at radius 3 is 2.72 bits per heavy atom. The Kier molecular flexibility index (Phi) is 3.93. The third-order valence-electron chi connectivity index (χ3n) is 5.57. The highest BCUT2D eigenvalue weighted by Crippen LogP contribution is 2.41. The molecule has 25 heavy (non-hydrogen) atoms. The molecule has 1 unspecified atom stereocenters. The Morgan fingerprint density at radius 1 is 1.20 bits per heavy atom. The summed E-state index contributed by atoms with van der Waals surface area (Å²) in [7, 11) is 0. The molecule has 0 bridgehead atoms. The number of aryl methyl sites for hydroxylation is 2. The maximum Gasteiger partial charge on any atom is 0.215 e. The average molecular weight is 342 g/mol. The van der Waals surface area contributed by atoms with Gasteiger partial charge in [0.1, 0.15) is 0 Å². The molecular formula is C20H30N4O. The molecule has 0 N–H and O–H groups in total. The molecule has 4 heterocycles. The standard InChI is InChI=1S/C20H30N4O/c1-13(2)17-18(22-24-8-6-10-25-19(17)24)14-7-9-23-16(11-14)15(12-21-23)20(3,4)5/h12-14H,6-11H2,1-5H3. The van der Waals surface area contributed by atoms with Gasteiger partial charge < -0.3 is 4.74 Å². The van der Waals surface area contributed by atoms with Crippen LogP contribution in [0.3, 0.4) is 0 Å². The molecule has 0 amide bonds. The summed E-state index contributed by atoms with van der Waals surface area (Å²) in [5, 5.41) is 9.65. The number of rotatable bonds is 2. The highest BCUT2D eigenvalue weighted by atomic mass is 16.5. The van der Waals surface area contributed by atoms with Crippen molar-refractivity contribution in [1.82, 2.24) is 19.6 Å². The van der Waals surface area contributed by atoms with Gasteiger partial charge in [0.15, 0.2) is 0 Å². The van der Waals surface area contributed by atoms with Crippen molar-refractivity contribution in [2.24, 2.45) is 0 Å². The Balaban J connectivity index is 1.73. The Bertz CT molecular complexity index is 778. The van der Waals surface area contributed by atoms with Gasteiger partial charge in [-0.15, -0.1) is 0 Å². The summed E-state index contributed by atoms with van der Waals surface area (Å²) >= 11 is 0. The second-order valence-electron chi connectivity index (χ2n) is 8.85. The van der Waals surface area contributed by atoms with Gasteiger partial charge in [-0.1, -0.05) is 34.6 Å². The minimum absolute atomic E-state index is 0.132. The Morgan fingerprint density at radius 2 is 2.00 bits per heavy atom. The van der Waals surface area contributed by atoms with Gasteiger partial charge in [0.25, 0.3) is 0 Å². The van der Waals surface area contributed by atoms with Gasteiger partial charge in [0.2, 0.25) is 5.88 Å². The fraction of sp³-hybridized carbons (Fsp3) is 0.700. The van der Waals surface area contributed by atoms with E-state index in [2.05, 4.69) is 55.3 Å². The lowest BCUT2D eigenvalue weighted by atomic mass is 9.82. The minimum atomic E-state index is 0.132. The van der Waals surface area contributed by atoms with Crippen molar-refractivity contribution in [2.75, 3.05) is 6.61 Å². The monoisotopic (exact) mass is 342 g/mol. The van der Waals surface area contributed by atoms with Crippen LogP contribution in [0.1, 0.15) is 81.8 Å². The highest BCUT2D eigenvalue weighted by molar-refractivity contribution is 5.39. The lowest BCUT2D eigenvalue weighted by Crippen LogP contribution is -2.23. The molecule has 2 aliphatic rings. The van der Waals surface area contributed by atoms with Crippen LogP contribution in [0.15, 0.2) is 6.20 Å². The largest absolute Gasteiger partial charge is 0.478 e. The lowest BCUT2D eigenvalue weighted by Gasteiger charge is -2.27. The summed E-state index contributed by atoms with van der Waals surface area (Å²) in [6, 6.07) is 0. The zero-order valence-corrected chi connectivity index (χ0v) is 16.2. The molecule has 0 saturated heterocycles. The van der Waals surface area contributed by atoms with E-state index in [1.54, 1.807) is 0 Å². The van der Waals surface area contributed by atoms with Crippen molar-refractivity contribution in [3.8, 4) is 5.88 Å². The van der Waals surface area contributed by atoms with E-state index >= 15 is 0 Å². The first-order valence-corrected chi connectivity index (χ1v) is 9.65. The van der Waals surface area contributed by atoms with Crippen LogP contribution in [0, 0.1) is 0 Å². The molecule has 5 heteroatoms. The third kappa shape index (κ3) is 2.77. The second-order valence-corrected chi connectivity index (χ2v) is 8.85. The van der Waals surface area contributed by atoms with Crippen molar-refractivity contribution < 1.29 is 4.74 Å². The molecule has 0 spiro atoms. The molecule has 0 aliphatic carbocycles. The van der Waals surface area contributed by atoms with Crippen LogP contribution in [0.2, 0.25) is 0 Å². The summed E-state index contributed by atoms with van der Waals surface area (Å²) in [5.74, 6) is 1.92. The third-order valence-corrected chi connectivity index (χ3v) is 5.57. The van der Waals surface area contributed by atoms with E-state index in [4.69, 9.17) is 9.84 Å². The van der Waals surface area contributed by atoms with Gasteiger partial charge in [-0.25, -0.2) is 4.68 Å². The van der Waals surface area contributed by atoms with E-state index in [1.165, 1.54) is 22.5 Å². The molecule has 4 rings (SSSR count). The Labute approximate surface area is 150 Å². The zero-order chi connectivity index (χ0) is 17.8. The first-order valence-electron chi connectivity index (χ1n) is 9.65. The predicted octanol–water partition coefficient (Wildman–Crippen LogP) is 4.01. The van der Waals surface area contributed by atoms with Crippen molar-refractivity contribution in [3.05, 3.63) is 28.7 Å². The van der Waals surface area contributed by atoms with Gasteiger partial charge in [-0.05, 0) is 29.7 Å². The van der Waals surface area contributed by atoms with Gasteiger partial charge in [-0.3, -0.25) is 4.68 Å². The smallest absolute Gasteiger partial charge is 0.215 e. The molecule has 0 aromatic carbocycles. The van der Waals surface area contributed by atoms with Crippen molar-refractivity contribution >= 4 is 0 Å². The minimum Gasteiger partial charge on any atom is -0.478 e. The van der Waals surface area contributed by atoms with Crippen LogP contribution in [0.25, 0.3) is 0 Å². The quantitative estimate of drug-likeness (QED) is 0.828. The number of ether oxygens (including phenoxy) is 1. The van der Waals surface area contributed by atoms with Crippen molar-refractivity contribution in [2.45, 2.75) is 84.2 Å². The first kappa shape index (κ1) is 16.7. The average Bonchev–Trinajstić information content (AvgIpc) is 3.15. The van der Waals surface area contributed by atoms with Crippen molar-refractivity contribution in [3.63, 3.8) is 0 Å². The number of hydrogen-bond acceptors (Lipinski definition) is 3. The number of nitrogens with zero attached hydrogens (tertiary/aromatic N) is 4. The molecular weight excluding hydrogens is 312 g/mol. The normalized spacial score (nSPS) is 20.3. The molecule has 0 fully saturated rings. The van der Waals surface area contributed by atoms with E-state index in [1.807, 2.05) is 0 Å². The topological polar surface area (TPSA) is 44.9 Å². The second kappa shape index (κ2) is 5.89. The lowest BCUT2D eigenvalue weighted by molar-refractivity contribution is 0.227. The van der Waals surface area contributed by atoms with Crippen LogP contribution in [0.5, 0.6) is 5.88 Å². The fourth-order valence-electron chi connectivity index (χ4n) is 4.30. The number of hydrogen-bond donors (Lipinski definition) is 0. The highest BCUT2D eigenvalue weighted by Gasteiger charge is 2.33. The maximum atomic E-state index is 6.00. The van der Waals surface area contributed by atoms with E-state index in [0.717, 1.165) is 44.8 Å². The molecule has 136 valence electrons. The van der Waals surface area contributed by atoms with Gasteiger partial charge in [-0.2, -0.15) is 10.2 Å². The van der Waals surface area contributed by atoms with E-state index < -0.39 is 0 Å². The van der Waals surface area contributed by atoms with Crippen LogP contribution < -0.4 is 4.74 Å². The summed E-state index contributed by atoms with van der Waals surface area (Å²) in [6.07, 6.45) is 5.26. The Hall–Kier alpha value is -1.78. The first-order chi connectivity index (χ1) is 11.9. The van der Waals surface area contributed by atoms with Crippen LogP contribution in [-0.4, -0.2) is 26.2 Å². The van der Waals surface area contributed by atoms with Crippen molar-refractivity contribution in [1.29, 1.82) is 0 Å². The zero-order valence-electron chi connectivity index (χ0n) is 16.2. The SMILES string of the molecule is CC(C)c1c(C2CCn3ncc(C(C)(C)C)c3C2)nn2c1OCCC2. The number of fused-ring (bicyclic) bond motifs is 2. The fourth-order valence-corrected chi connectivity index (χ4v) is 4.30. The van der Waals surface area contributed by atoms with Gasteiger partial charge in [0.05, 0.1) is 18.5 Å². The maximum absolute atomic E-state index is 6.00. The molecule has 2 aliphatic heterocycles.